The molecule has 1 aliphatic carbocycles. The first kappa shape index (κ1) is 11.0. The quantitative estimate of drug-likeness (QED) is 0.915. The fourth-order valence-corrected chi connectivity index (χ4v) is 2.40. The molecule has 0 amide bonds. The van der Waals surface area contributed by atoms with Crippen molar-refractivity contribution < 1.29 is 4.74 Å². The minimum absolute atomic E-state index is 0.117. The highest BCUT2D eigenvalue weighted by Crippen LogP contribution is 2.39. The highest BCUT2D eigenvalue weighted by atomic mass is 79.9. The average Bonchev–Trinajstić information content (AvgIpc) is 2.15. The van der Waals surface area contributed by atoms with Crippen LogP contribution < -0.4 is 10.5 Å². The molecule has 2 rings (SSSR count). The molecule has 0 spiro atoms. The largest absolute Gasteiger partial charge is 0.496 e. The third-order valence-electron chi connectivity index (χ3n) is 3.21. The second-order valence-corrected chi connectivity index (χ2v) is 5.02. The van der Waals surface area contributed by atoms with E-state index in [2.05, 4.69) is 22.0 Å². The first-order valence-corrected chi connectivity index (χ1v) is 6.10. The summed E-state index contributed by atoms with van der Waals surface area (Å²) in [4.78, 5) is 0. The van der Waals surface area contributed by atoms with Gasteiger partial charge in [-0.05, 0) is 37.0 Å². The van der Waals surface area contributed by atoms with Gasteiger partial charge in [0.2, 0.25) is 0 Å². The van der Waals surface area contributed by atoms with Crippen molar-refractivity contribution in [1.29, 1.82) is 0 Å². The molecule has 1 saturated carbocycles. The molecular formula is C12H16BrNO. The predicted octanol–water partition coefficient (Wildman–Crippen LogP) is 3.26. The van der Waals surface area contributed by atoms with Crippen molar-refractivity contribution in [1.82, 2.24) is 0 Å². The van der Waals surface area contributed by atoms with Gasteiger partial charge < -0.3 is 10.5 Å². The van der Waals surface area contributed by atoms with Gasteiger partial charge in [0.05, 0.1) is 7.11 Å². The molecular weight excluding hydrogens is 254 g/mol. The molecule has 82 valence electrons. The van der Waals surface area contributed by atoms with Crippen molar-refractivity contribution in [2.75, 3.05) is 7.11 Å². The van der Waals surface area contributed by atoms with Crippen LogP contribution in [-0.4, -0.2) is 7.11 Å². The summed E-state index contributed by atoms with van der Waals surface area (Å²) in [5.74, 6) is 1.53. The van der Waals surface area contributed by atoms with E-state index in [1.807, 2.05) is 12.1 Å². The molecule has 2 nitrogen and oxygen atoms in total. The summed E-state index contributed by atoms with van der Waals surface area (Å²) in [6, 6.07) is 6.14. The molecule has 0 unspecified atom stereocenters. The molecule has 3 heteroatoms. The van der Waals surface area contributed by atoms with Crippen molar-refractivity contribution in [2.24, 2.45) is 11.7 Å². The SMILES string of the molecule is COc1ccc(Br)cc1[C@@H](N)C1CCC1. The van der Waals surface area contributed by atoms with Gasteiger partial charge >= 0.3 is 0 Å². The summed E-state index contributed by atoms with van der Waals surface area (Å²) in [6.45, 7) is 0. The number of hydrogen-bond acceptors (Lipinski definition) is 2. The smallest absolute Gasteiger partial charge is 0.123 e. The summed E-state index contributed by atoms with van der Waals surface area (Å²) in [5.41, 5.74) is 7.37. The van der Waals surface area contributed by atoms with Gasteiger partial charge in [-0.15, -0.1) is 0 Å². The fraction of sp³-hybridized carbons (Fsp3) is 0.500. The number of halogens is 1. The highest BCUT2D eigenvalue weighted by molar-refractivity contribution is 9.10. The second-order valence-electron chi connectivity index (χ2n) is 4.10. The van der Waals surface area contributed by atoms with E-state index in [1.54, 1.807) is 7.11 Å². The highest BCUT2D eigenvalue weighted by Gasteiger charge is 2.27. The van der Waals surface area contributed by atoms with Crippen LogP contribution in [0.15, 0.2) is 22.7 Å². The van der Waals surface area contributed by atoms with Crippen LogP contribution in [0.5, 0.6) is 5.75 Å². The summed E-state index contributed by atoms with van der Waals surface area (Å²) in [5, 5.41) is 0. The minimum atomic E-state index is 0.117. The number of hydrogen-bond donors (Lipinski definition) is 1. The van der Waals surface area contributed by atoms with E-state index in [1.165, 1.54) is 19.3 Å². The molecule has 0 radical (unpaired) electrons. The number of ether oxygens (including phenoxy) is 1. The Balaban J connectivity index is 2.27. The molecule has 1 aromatic rings. The number of benzene rings is 1. The Morgan fingerprint density at radius 1 is 1.47 bits per heavy atom. The van der Waals surface area contributed by atoms with Gasteiger partial charge in [-0.25, -0.2) is 0 Å². The molecule has 0 aromatic heterocycles. The van der Waals surface area contributed by atoms with E-state index in [9.17, 15) is 0 Å². The van der Waals surface area contributed by atoms with Gasteiger partial charge in [0.1, 0.15) is 5.75 Å². The number of nitrogens with two attached hydrogens (primary N) is 1. The normalized spacial score (nSPS) is 18.3. The molecule has 15 heavy (non-hydrogen) atoms. The van der Waals surface area contributed by atoms with Gasteiger partial charge in [0, 0.05) is 16.1 Å². The van der Waals surface area contributed by atoms with E-state index in [4.69, 9.17) is 10.5 Å². The molecule has 1 fully saturated rings. The monoisotopic (exact) mass is 269 g/mol. The van der Waals surface area contributed by atoms with Crippen molar-refractivity contribution >= 4 is 15.9 Å². The van der Waals surface area contributed by atoms with Crippen LogP contribution in [-0.2, 0) is 0 Å². The third kappa shape index (κ3) is 2.18. The van der Waals surface area contributed by atoms with Gasteiger partial charge in [-0.3, -0.25) is 0 Å². The lowest BCUT2D eigenvalue weighted by molar-refractivity contribution is 0.259. The first-order valence-electron chi connectivity index (χ1n) is 5.31. The third-order valence-corrected chi connectivity index (χ3v) is 3.70. The molecule has 0 bridgehead atoms. The lowest BCUT2D eigenvalue weighted by atomic mass is 9.77. The molecule has 0 saturated heterocycles. The maximum absolute atomic E-state index is 6.24. The second kappa shape index (κ2) is 4.54. The Hall–Kier alpha value is -0.540. The van der Waals surface area contributed by atoms with Crippen LogP contribution in [0.3, 0.4) is 0 Å². The lowest BCUT2D eigenvalue weighted by Crippen LogP contribution is -2.27. The fourth-order valence-electron chi connectivity index (χ4n) is 2.02. The van der Waals surface area contributed by atoms with Gasteiger partial charge in [0.25, 0.3) is 0 Å². The van der Waals surface area contributed by atoms with Crippen molar-refractivity contribution in [3.05, 3.63) is 28.2 Å². The van der Waals surface area contributed by atoms with Crippen LogP contribution in [0.1, 0.15) is 30.9 Å². The van der Waals surface area contributed by atoms with Crippen molar-refractivity contribution in [3.63, 3.8) is 0 Å². The molecule has 1 atom stereocenters. The van der Waals surface area contributed by atoms with Crippen LogP contribution in [0.25, 0.3) is 0 Å². The molecule has 2 N–H and O–H groups in total. The van der Waals surface area contributed by atoms with Crippen LogP contribution in [0.4, 0.5) is 0 Å². The van der Waals surface area contributed by atoms with Gasteiger partial charge in [-0.2, -0.15) is 0 Å². The lowest BCUT2D eigenvalue weighted by Gasteiger charge is -2.32. The minimum Gasteiger partial charge on any atom is -0.496 e. The van der Waals surface area contributed by atoms with Gasteiger partial charge in [0.15, 0.2) is 0 Å². The van der Waals surface area contributed by atoms with E-state index in [0.29, 0.717) is 5.92 Å². The zero-order valence-corrected chi connectivity index (χ0v) is 10.5. The average molecular weight is 270 g/mol. The first-order chi connectivity index (χ1) is 7.22. The standard InChI is InChI=1S/C12H16BrNO/c1-15-11-6-5-9(13)7-10(11)12(14)8-3-2-4-8/h5-8,12H,2-4,14H2,1H3/t12-/m0/s1. The Morgan fingerprint density at radius 2 is 2.20 bits per heavy atom. The van der Waals surface area contributed by atoms with Crippen LogP contribution in [0.2, 0.25) is 0 Å². The van der Waals surface area contributed by atoms with Crippen LogP contribution in [0, 0.1) is 5.92 Å². The molecule has 1 aliphatic rings. The summed E-state index contributed by atoms with van der Waals surface area (Å²) in [6.07, 6.45) is 3.81. The van der Waals surface area contributed by atoms with E-state index in [0.717, 1.165) is 15.8 Å². The van der Waals surface area contributed by atoms with Crippen molar-refractivity contribution in [2.45, 2.75) is 25.3 Å². The Morgan fingerprint density at radius 3 is 2.73 bits per heavy atom. The topological polar surface area (TPSA) is 35.2 Å². The van der Waals surface area contributed by atoms with Crippen molar-refractivity contribution in [3.8, 4) is 5.75 Å². The Bertz CT molecular complexity index is 349. The van der Waals surface area contributed by atoms with E-state index in [-0.39, 0.29) is 6.04 Å². The van der Waals surface area contributed by atoms with Crippen LogP contribution >= 0.6 is 15.9 Å². The Labute approximate surface area is 98.9 Å². The maximum atomic E-state index is 6.24. The number of methoxy groups -OCH3 is 1. The summed E-state index contributed by atoms with van der Waals surface area (Å²) >= 11 is 3.47. The molecule has 0 aliphatic heterocycles. The zero-order chi connectivity index (χ0) is 10.8. The predicted molar refractivity (Wildman–Crippen MR) is 65.0 cm³/mol. The van der Waals surface area contributed by atoms with E-state index < -0.39 is 0 Å². The van der Waals surface area contributed by atoms with Gasteiger partial charge in [-0.1, -0.05) is 22.4 Å². The molecule has 0 heterocycles. The Kier molecular flexibility index (Phi) is 3.32. The molecule has 1 aromatic carbocycles. The summed E-state index contributed by atoms with van der Waals surface area (Å²) < 4.78 is 6.40. The summed E-state index contributed by atoms with van der Waals surface area (Å²) in [7, 11) is 1.69. The zero-order valence-electron chi connectivity index (χ0n) is 8.87. The van der Waals surface area contributed by atoms with E-state index >= 15 is 0 Å². The maximum Gasteiger partial charge on any atom is 0.123 e. The number of rotatable bonds is 3.